The minimum Gasteiger partial charge on any atom is -0.338 e. The molecule has 0 fully saturated rings. The van der Waals surface area contributed by atoms with Gasteiger partial charge in [-0.05, 0) is 54.1 Å². The second-order valence-electron chi connectivity index (χ2n) is 8.98. The van der Waals surface area contributed by atoms with Crippen molar-refractivity contribution >= 4 is 46.3 Å². The molecule has 0 radical (unpaired) electrons. The zero-order chi connectivity index (χ0) is 26.8. The molecule has 2 N–H and O–H groups in total. The van der Waals surface area contributed by atoms with E-state index >= 15 is 0 Å². The zero-order valence-corrected chi connectivity index (χ0v) is 21.4. The number of hydrogen-bond donors (Lipinski definition) is 2. The molecule has 1 aliphatic heterocycles. The molecule has 5 aromatic rings. The fourth-order valence-corrected chi connectivity index (χ4v) is 4.88. The van der Waals surface area contributed by atoms with Gasteiger partial charge >= 0.3 is 0 Å². The maximum Gasteiger partial charge on any atom is 0.260 e. The molecule has 6 rings (SSSR count). The molecule has 8 heteroatoms. The summed E-state index contributed by atoms with van der Waals surface area (Å²) in [5.74, 6) is 0.156. The van der Waals surface area contributed by atoms with E-state index in [9.17, 15) is 9.59 Å². The van der Waals surface area contributed by atoms with Gasteiger partial charge in [-0.3, -0.25) is 14.6 Å². The van der Waals surface area contributed by atoms with Gasteiger partial charge in [0.05, 0.1) is 28.5 Å². The van der Waals surface area contributed by atoms with Crippen molar-refractivity contribution in [2.45, 2.75) is 6.54 Å². The van der Waals surface area contributed by atoms with Gasteiger partial charge in [-0.1, -0.05) is 54.1 Å². The predicted octanol–water partition coefficient (Wildman–Crippen LogP) is 6.95. The van der Waals surface area contributed by atoms with Gasteiger partial charge in [0, 0.05) is 41.0 Å². The van der Waals surface area contributed by atoms with Crippen LogP contribution in [0.3, 0.4) is 0 Å². The van der Waals surface area contributed by atoms with Gasteiger partial charge in [0.25, 0.3) is 11.8 Å². The molecule has 3 heterocycles. The molecule has 0 unspecified atom stereocenters. The molecule has 0 spiro atoms. The molecule has 0 saturated heterocycles. The lowest BCUT2D eigenvalue weighted by molar-refractivity contribution is 0.0984. The summed E-state index contributed by atoms with van der Waals surface area (Å²) < 4.78 is 0. The Hall–Kier alpha value is -5.01. The highest BCUT2D eigenvalue weighted by Crippen LogP contribution is 2.36. The number of hydrogen-bond acceptors (Lipinski definition) is 5. The van der Waals surface area contributed by atoms with Crippen LogP contribution in [0.15, 0.2) is 110 Å². The minimum absolute atomic E-state index is 0.236. The fraction of sp³-hybridized carbons (Fsp3) is 0.0323. The summed E-state index contributed by atoms with van der Waals surface area (Å²) in [6, 6.07) is 27.3. The first-order valence-electron chi connectivity index (χ1n) is 12.3. The summed E-state index contributed by atoms with van der Waals surface area (Å²) in [5, 5.41) is 6.47. The largest absolute Gasteiger partial charge is 0.338 e. The Kier molecular flexibility index (Phi) is 6.49. The molecule has 190 valence electrons. The number of benzene rings is 3. The van der Waals surface area contributed by atoms with E-state index in [2.05, 4.69) is 20.6 Å². The minimum atomic E-state index is -0.291. The number of carbonyl (C=O) groups is 2. The lowest BCUT2D eigenvalue weighted by Gasteiger charge is -2.23. The Bertz CT molecular complexity index is 1710. The van der Waals surface area contributed by atoms with Gasteiger partial charge in [-0.15, -0.1) is 0 Å². The SMILES string of the molecule is O=C(Nc1ccc(C(=O)N2Cc3cccnc3Nc3ccccc32)c(Cl)c1)c1ccccc1-c1cccnc1. The van der Waals surface area contributed by atoms with Crippen LogP contribution in [0.4, 0.5) is 22.9 Å². The van der Waals surface area contributed by atoms with Gasteiger partial charge in [-0.2, -0.15) is 0 Å². The van der Waals surface area contributed by atoms with Crippen molar-refractivity contribution in [1.29, 1.82) is 0 Å². The van der Waals surface area contributed by atoms with Crippen molar-refractivity contribution in [2.24, 2.45) is 0 Å². The standard InChI is InChI=1S/C31H22ClN5O2/c32-26-17-22(35-30(38)24-10-2-1-9-23(24)20-7-5-15-33-18-20)13-14-25(26)31(39)37-19-21-8-6-16-34-29(21)36-27-11-3-4-12-28(27)37/h1-18H,19H2,(H,34,36)(H,35,38). The number of aromatic nitrogens is 2. The second-order valence-corrected chi connectivity index (χ2v) is 9.39. The van der Waals surface area contributed by atoms with Crippen molar-refractivity contribution < 1.29 is 9.59 Å². The van der Waals surface area contributed by atoms with E-state index in [1.54, 1.807) is 47.8 Å². The van der Waals surface area contributed by atoms with Crippen LogP contribution in [-0.2, 0) is 6.54 Å². The first-order chi connectivity index (χ1) is 19.1. The average Bonchev–Trinajstić information content (AvgIpc) is 3.14. The number of nitrogens with zero attached hydrogens (tertiary/aromatic N) is 3. The van der Waals surface area contributed by atoms with Crippen LogP contribution >= 0.6 is 11.6 Å². The molecular weight excluding hydrogens is 510 g/mol. The quantitative estimate of drug-likeness (QED) is 0.262. The first-order valence-corrected chi connectivity index (χ1v) is 12.7. The number of carbonyl (C=O) groups excluding carboxylic acids is 2. The number of para-hydroxylation sites is 2. The molecule has 0 atom stereocenters. The summed E-state index contributed by atoms with van der Waals surface area (Å²) in [6.07, 6.45) is 5.12. The van der Waals surface area contributed by atoms with Gasteiger partial charge in [0.2, 0.25) is 0 Å². The Morgan fingerprint density at radius 2 is 1.69 bits per heavy atom. The number of fused-ring (bicyclic) bond motifs is 2. The summed E-state index contributed by atoms with van der Waals surface area (Å²) in [7, 11) is 0. The van der Waals surface area contributed by atoms with Crippen molar-refractivity contribution in [1.82, 2.24) is 9.97 Å². The van der Waals surface area contributed by atoms with Crippen molar-refractivity contribution in [3.8, 4) is 11.1 Å². The van der Waals surface area contributed by atoms with Crippen LogP contribution in [0.1, 0.15) is 26.3 Å². The molecular formula is C31H22ClN5O2. The van der Waals surface area contributed by atoms with Gasteiger partial charge in [-0.25, -0.2) is 4.98 Å². The molecule has 0 saturated carbocycles. The van der Waals surface area contributed by atoms with Crippen LogP contribution in [0, 0.1) is 0 Å². The van der Waals surface area contributed by atoms with Crippen molar-refractivity contribution in [3.63, 3.8) is 0 Å². The number of halogens is 1. The number of nitrogens with one attached hydrogen (secondary N) is 2. The van der Waals surface area contributed by atoms with E-state index in [0.717, 1.165) is 28.1 Å². The molecule has 3 aromatic carbocycles. The van der Waals surface area contributed by atoms with Crippen LogP contribution in [0.25, 0.3) is 11.1 Å². The van der Waals surface area contributed by atoms with Crippen LogP contribution in [0.5, 0.6) is 0 Å². The smallest absolute Gasteiger partial charge is 0.260 e. The molecule has 0 bridgehead atoms. The van der Waals surface area contributed by atoms with Gasteiger partial charge in [0.15, 0.2) is 0 Å². The van der Waals surface area contributed by atoms with E-state index in [0.29, 0.717) is 29.2 Å². The van der Waals surface area contributed by atoms with E-state index in [4.69, 9.17) is 11.6 Å². The second kappa shape index (κ2) is 10.4. The van der Waals surface area contributed by atoms with Crippen LogP contribution < -0.4 is 15.5 Å². The predicted molar refractivity (Wildman–Crippen MR) is 154 cm³/mol. The molecule has 1 aliphatic rings. The summed E-state index contributed by atoms with van der Waals surface area (Å²) in [5.41, 5.74) is 5.30. The average molecular weight is 532 g/mol. The summed E-state index contributed by atoms with van der Waals surface area (Å²) in [6.45, 7) is 0.325. The number of amides is 2. The monoisotopic (exact) mass is 531 g/mol. The molecule has 0 aliphatic carbocycles. The topological polar surface area (TPSA) is 87.2 Å². The van der Waals surface area contributed by atoms with E-state index in [1.807, 2.05) is 66.7 Å². The Morgan fingerprint density at radius 3 is 2.54 bits per heavy atom. The normalized spacial score (nSPS) is 12.0. The molecule has 2 aromatic heterocycles. The van der Waals surface area contributed by atoms with E-state index in [-0.39, 0.29) is 16.8 Å². The van der Waals surface area contributed by atoms with Crippen LogP contribution in [0.2, 0.25) is 5.02 Å². The van der Waals surface area contributed by atoms with Crippen LogP contribution in [-0.4, -0.2) is 21.8 Å². The highest BCUT2D eigenvalue weighted by Gasteiger charge is 2.26. The van der Waals surface area contributed by atoms with Gasteiger partial charge in [0.1, 0.15) is 5.82 Å². The number of rotatable bonds is 4. The summed E-state index contributed by atoms with van der Waals surface area (Å²) >= 11 is 6.63. The zero-order valence-electron chi connectivity index (χ0n) is 20.6. The Labute approximate surface area is 230 Å². The van der Waals surface area contributed by atoms with Crippen molar-refractivity contribution in [3.05, 3.63) is 131 Å². The molecule has 2 amide bonds. The molecule has 39 heavy (non-hydrogen) atoms. The maximum absolute atomic E-state index is 13.8. The molecule has 7 nitrogen and oxygen atoms in total. The highest BCUT2D eigenvalue weighted by molar-refractivity contribution is 6.35. The maximum atomic E-state index is 13.8. The van der Waals surface area contributed by atoms with E-state index in [1.165, 1.54) is 0 Å². The van der Waals surface area contributed by atoms with Crippen molar-refractivity contribution in [2.75, 3.05) is 15.5 Å². The van der Waals surface area contributed by atoms with E-state index < -0.39 is 0 Å². The number of anilines is 4. The number of pyridine rings is 2. The third kappa shape index (κ3) is 4.83. The highest BCUT2D eigenvalue weighted by atomic mass is 35.5. The Balaban J connectivity index is 1.28. The lowest BCUT2D eigenvalue weighted by Crippen LogP contribution is -2.30. The third-order valence-corrected chi connectivity index (χ3v) is 6.83. The third-order valence-electron chi connectivity index (χ3n) is 6.51. The lowest BCUT2D eigenvalue weighted by atomic mass is 10.0. The summed E-state index contributed by atoms with van der Waals surface area (Å²) in [4.78, 5) is 37.3. The Morgan fingerprint density at radius 1 is 0.872 bits per heavy atom. The van der Waals surface area contributed by atoms with Gasteiger partial charge < -0.3 is 15.5 Å². The fourth-order valence-electron chi connectivity index (χ4n) is 4.62. The first kappa shape index (κ1) is 24.3.